The van der Waals surface area contributed by atoms with Crippen LogP contribution in [0.15, 0.2) is 72.1 Å². The fourth-order valence-corrected chi connectivity index (χ4v) is 3.19. The molecule has 0 saturated carbocycles. The van der Waals surface area contributed by atoms with E-state index in [0.29, 0.717) is 22.8 Å². The molecule has 0 spiro atoms. The molecule has 0 bridgehead atoms. The van der Waals surface area contributed by atoms with Gasteiger partial charge in [0.25, 0.3) is 11.8 Å². The Balaban J connectivity index is 1.42. The number of nitrogens with one attached hydrogen (secondary N) is 3. The first-order chi connectivity index (χ1) is 14.1. The molecular weight excluding hydrogens is 406 g/mol. The molecule has 2 aromatic carbocycles. The minimum Gasteiger partial charge on any atom is -0.493 e. The zero-order valence-electron chi connectivity index (χ0n) is 15.4. The van der Waals surface area contributed by atoms with Gasteiger partial charge in [0.15, 0.2) is 5.11 Å². The van der Waals surface area contributed by atoms with Crippen molar-refractivity contribution in [3.05, 3.63) is 88.1 Å². The van der Waals surface area contributed by atoms with E-state index < -0.39 is 0 Å². The van der Waals surface area contributed by atoms with Crippen molar-refractivity contribution in [1.29, 1.82) is 0 Å². The van der Waals surface area contributed by atoms with Crippen LogP contribution >= 0.6 is 23.6 Å². The van der Waals surface area contributed by atoms with Gasteiger partial charge in [-0.05, 0) is 53.5 Å². The van der Waals surface area contributed by atoms with Gasteiger partial charge in [-0.1, -0.05) is 36.4 Å². The van der Waals surface area contributed by atoms with Crippen molar-refractivity contribution in [3.8, 4) is 5.75 Å². The average Bonchev–Trinajstić information content (AvgIpc) is 3.28. The van der Waals surface area contributed by atoms with E-state index in [1.54, 1.807) is 41.8 Å². The van der Waals surface area contributed by atoms with Crippen molar-refractivity contribution in [2.75, 3.05) is 6.61 Å². The van der Waals surface area contributed by atoms with Gasteiger partial charge < -0.3 is 4.74 Å². The standard InChI is InChI=1S/C21H19N3O3S2/c25-19(22-21(28)24-23-20(26)18-7-4-14-29-18)16-8-10-17(11-9-16)27-13-12-15-5-2-1-3-6-15/h1-11,14H,12-13H2,(H,23,26)(H2,22,24,25,28). The zero-order chi connectivity index (χ0) is 20.5. The third-order valence-electron chi connectivity index (χ3n) is 3.88. The Bertz CT molecular complexity index is 959. The number of benzene rings is 2. The van der Waals surface area contributed by atoms with Crippen molar-refractivity contribution >= 4 is 40.5 Å². The third kappa shape index (κ3) is 6.41. The van der Waals surface area contributed by atoms with Crippen LogP contribution in [-0.2, 0) is 6.42 Å². The highest BCUT2D eigenvalue weighted by molar-refractivity contribution is 7.80. The van der Waals surface area contributed by atoms with Gasteiger partial charge in [-0.2, -0.15) is 0 Å². The van der Waals surface area contributed by atoms with E-state index in [9.17, 15) is 9.59 Å². The molecule has 0 aliphatic carbocycles. The van der Waals surface area contributed by atoms with Crippen LogP contribution in [-0.4, -0.2) is 23.5 Å². The molecule has 0 aliphatic rings. The quantitative estimate of drug-likeness (QED) is 0.417. The van der Waals surface area contributed by atoms with E-state index >= 15 is 0 Å². The van der Waals surface area contributed by atoms with Crippen molar-refractivity contribution in [1.82, 2.24) is 16.2 Å². The normalized spacial score (nSPS) is 10.1. The first-order valence-electron chi connectivity index (χ1n) is 8.84. The highest BCUT2D eigenvalue weighted by Gasteiger charge is 2.10. The Morgan fingerprint density at radius 1 is 0.897 bits per heavy atom. The summed E-state index contributed by atoms with van der Waals surface area (Å²) in [6.45, 7) is 0.549. The topological polar surface area (TPSA) is 79.5 Å². The Labute approximate surface area is 177 Å². The number of thiophene rings is 1. The molecule has 2 amide bonds. The van der Waals surface area contributed by atoms with E-state index in [-0.39, 0.29) is 16.9 Å². The van der Waals surface area contributed by atoms with E-state index in [0.717, 1.165) is 6.42 Å². The van der Waals surface area contributed by atoms with Crippen LogP contribution in [0.4, 0.5) is 0 Å². The summed E-state index contributed by atoms with van der Waals surface area (Å²) < 4.78 is 5.71. The number of rotatable bonds is 6. The number of thiocarbonyl (C=S) groups is 1. The minimum absolute atomic E-state index is 0.00286. The zero-order valence-corrected chi connectivity index (χ0v) is 17.0. The molecule has 148 valence electrons. The van der Waals surface area contributed by atoms with Crippen molar-refractivity contribution < 1.29 is 14.3 Å². The lowest BCUT2D eigenvalue weighted by atomic mass is 10.2. The monoisotopic (exact) mass is 425 g/mol. The molecule has 1 aromatic heterocycles. The van der Waals surface area contributed by atoms with Gasteiger partial charge in [-0.3, -0.25) is 25.8 Å². The Morgan fingerprint density at radius 2 is 1.66 bits per heavy atom. The van der Waals surface area contributed by atoms with Gasteiger partial charge in [0.05, 0.1) is 11.5 Å². The van der Waals surface area contributed by atoms with Crippen molar-refractivity contribution in [3.63, 3.8) is 0 Å². The van der Waals surface area contributed by atoms with Gasteiger partial charge in [0, 0.05) is 12.0 Å². The Morgan fingerprint density at radius 3 is 2.34 bits per heavy atom. The van der Waals surface area contributed by atoms with Crippen LogP contribution in [0.25, 0.3) is 0 Å². The SMILES string of the molecule is O=C(NC(=S)NNC(=O)c1cccs1)c1ccc(OCCc2ccccc2)cc1. The second-order valence-corrected chi connectivity index (χ2v) is 7.30. The van der Waals surface area contributed by atoms with E-state index in [2.05, 4.69) is 28.3 Å². The summed E-state index contributed by atoms with van der Waals surface area (Å²) in [5, 5.41) is 4.31. The molecule has 1 heterocycles. The maximum absolute atomic E-state index is 12.2. The molecule has 3 rings (SSSR count). The molecule has 3 N–H and O–H groups in total. The molecule has 3 aromatic rings. The smallest absolute Gasteiger partial charge is 0.279 e. The number of ether oxygens (including phenoxy) is 1. The van der Waals surface area contributed by atoms with Gasteiger partial charge in [0.2, 0.25) is 0 Å². The summed E-state index contributed by atoms with van der Waals surface area (Å²) in [6.07, 6.45) is 0.806. The van der Waals surface area contributed by atoms with Crippen LogP contribution in [0.5, 0.6) is 5.75 Å². The molecule has 0 atom stereocenters. The Hall–Kier alpha value is -3.23. The maximum Gasteiger partial charge on any atom is 0.279 e. The van der Waals surface area contributed by atoms with E-state index in [4.69, 9.17) is 17.0 Å². The lowest BCUT2D eigenvalue weighted by Gasteiger charge is -2.11. The summed E-state index contributed by atoms with van der Waals surface area (Å²) in [5.41, 5.74) is 6.57. The molecule has 29 heavy (non-hydrogen) atoms. The summed E-state index contributed by atoms with van der Waals surface area (Å²) in [5.74, 6) is -0.0290. The summed E-state index contributed by atoms with van der Waals surface area (Å²) >= 11 is 6.33. The molecule has 0 radical (unpaired) electrons. The lowest BCUT2D eigenvalue weighted by molar-refractivity contribution is 0.0938. The molecule has 0 saturated heterocycles. The second-order valence-electron chi connectivity index (χ2n) is 5.95. The third-order valence-corrected chi connectivity index (χ3v) is 4.95. The predicted octanol–water partition coefficient (Wildman–Crippen LogP) is 3.32. The van der Waals surface area contributed by atoms with Crippen LogP contribution in [0.2, 0.25) is 0 Å². The van der Waals surface area contributed by atoms with Crippen molar-refractivity contribution in [2.45, 2.75) is 6.42 Å². The Kier molecular flexibility index (Phi) is 7.32. The van der Waals surface area contributed by atoms with E-state index in [1.807, 2.05) is 18.2 Å². The molecular formula is C21H19N3O3S2. The highest BCUT2D eigenvalue weighted by atomic mass is 32.1. The molecule has 0 fully saturated rings. The number of carbonyl (C=O) groups is 2. The molecule has 0 aliphatic heterocycles. The van der Waals surface area contributed by atoms with Crippen LogP contribution in [0.1, 0.15) is 25.6 Å². The number of hydrogen-bond acceptors (Lipinski definition) is 5. The summed E-state index contributed by atoms with van der Waals surface area (Å²) in [7, 11) is 0. The first-order valence-corrected chi connectivity index (χ1v) is 10.1. The number of carbonyl (C=O) groups excluding carboxylic acids is 2. The largest absolute Gasteiger partial charge is 0.493 e. The minimum atomic E-state index is -0.385. The van der Waals surface area contributed by atoms with Crippen LogP contribution in [0, 0.1) is 0 Å². The molecule has 6 nitrogen and oxygen atoms in total. The van der Waals surface area contributed by atoms with Crippen LogP contribution < -0.4 is 20.9 Å². The number of hydrazine groups is 1. The highest BCUT2D eigenvalue weighted by Crippen LogP contribution is 2.13. The summed E-state index contributed by atoms with van der Waals surface area (Å²) in [4.78, 5) is 24.6. The van der Waals surface area contributed by atoms with Gasteiger partial charge in [0.1, 0.15) is 5.75 Å². The van der Waals surface area contributed by atoms with Crippen LogP contribution in [0.3, 0.4) is 0 Å². The lowest BCUT2D eigenvalue weighted by Crippen LogP contribution is -2.48. The predicted molar refractivity (Wildman–Crippen MR) is 117 cm³/mol. The second kappa shape index (κ2) is 10.4. The van der Waals surface area contributed by atoms with Crippen molar-refractivity contribution in [2.24, 2.45) is 0 Å². The first kappa shape index (κ1) is 20.5. The number of hydrogen-bond donors (Lipinski definition) is 3. The fraction of sp³-hybridized carbons (Fsp3) is 0.0952. The average molecular weight is 426 g/mol. The van der Waals surface area contributed by atoms with Gasteiger partial charge >= 0.3 is 0 Å². The van der Waals surface area contributed by atoms with Gasteiger partial charge in [-0.25, -0.2) is 0 Å². The number of amides is 2. The molecule has 0 unspecified atom stereocenters. The molecule has 8 heteroatoms. The van der Waals surface area contributed by atoms with Gasteiger partial charge in [-0.15, -0.1) is 11.3 Å². The van der Waals surface area contributed by atoms with E-state index in [1.165, 1.54) is 16.9 Å². The fourth-order valence-electron chi connectivity index (χ4n) is 2.42. The maximum atomic E-state index is 12.2. The summed E-state index contributed by atoms with van der Waals surface area (Å²) in [6, 6.07) is 20.3.